The van der Waals surface area contributed by atoms with E-state index in [-0.39, 0.29) is 36.3 Å². The second-order valence-electron chi connectivity index (χ2n) is 7.55. The SMILES string of the molecule is CC[C@@]1(O)C(=O)OCc2c1cc1n(c2=O)C(NCCF)c2cc3ccccc3nc2-1. The van der Waals surface area contributed by atoms with Crippen LogP contribution in [0, 0.1) is 0 Å². The maximum atomic E-state index is 13.5. The lowest BCUT2D eigenvalue weighted by molar-refractivity contribution is -0.172. The Morgan fingerprint density at radius 3 is 2.90 bits per heavy atom. The molecule has 154 valence electrons. The number of nitrogens with one attached hydrogen (secondary N) is 1. The summed E-state index contributed by atoms with van der Waals surface area (Å²) in [6.45, 7) is 0.923. The van der Waals surface area contributed by atoms with Crippen LogP contribution < -0.4 is 10.9 Å². The number of pyridine rings is 2. The van der Waals surface area contributed by atoms with Gasteiger partial charge in [0.05, 0.1) is 22.5 Å². The van der Waals surface area contributed by atoms with E-state index in [0.717, 1.165) is 16.5 Å². The second-order valence-corrected chi connectivity index (χ2v) is 7.55. The van der Waals surface area contributed by atoms with E-state index >= 15 is 0 Å². The third-order valence-corrected chi connectivity index (χ3v) is 5.97. The van der Waals surface area contributed by atoms with Gasteiger partial charge in [0.15, 0.2) is 5.60 Å². The average Bonchev–Trinajstić information content (AvgIpc) is 3.06. The highest BCUT2D eigenvalue weighted by Crippen LogP contribution is 2.41. The van der Waals surface area contributed by atoms with Crippen LogP contribution in [0.5, 0.6) is 0 Å². The van der Waals surface area contributed by atoms with E-state index in [2.05, 4.69) is 5.32 Å². The molecule has 1 unspecified atom stereocenters. The number of esters is 1. The van der Waals surface area contributed by atoms with Crippen molar-refractivity contribution in [3.63, 3.8) is 0 Å². The zero-order chi connectivity index (χ0) is 21.0. The van der Waals surface area contributed by atoms with E-state index in [0.29, 0.717) is 11.4 Å². The van der Waals surface area contributed by atoms with Crippen molar-refractivity contribution >= 4 is 16.9 Å². The lowest BCUT2D eigenvalue weighted by atomic mass is 9.86. The van der Waals surface area contributed by atoms with Gasteiger partial charge < -0.3 is 9.84 Å². The number of aliphatic hydroxyl groups is 1. The Kier molecular flexibility index (Phi) is 4.23. The van der Waals surface area contributed by atoms with E-state index < -0.39 is 24.4 Å². The van der Waals surface area contributed by atoms with Gasteiger partial charge in [-0.1, -0.05) is 25.1 Å². The molecule has 7 nitrogen and oxygen atoms in total. The molecular formula is C22H20FN3O4. The average molecular weight is 409 g/mol. The molecule has 3 aromatic rings. The molecular weight excluding hydrogens is 389 g/mol. The van der Waals surface area contributed by atoms with Gasteiger partial charge in [0.25, 0.3) is 5.56 Å². The number of alkyl halides is 1. The lowest BCUT2D eigenvalue weighted by Crippen LogP contribution is -2.45. The number of ether oxygens (including phenoxy) is 1. The molecule has 0 radical (unpaired) electrons. The van der Waals surface area contributed by atoms with Gasteiger partial charge in [-0.15, -0.1) is 0 Å². The summed E-state index contributed by atoms with van der Waals surface area (Å²) in [6, 6.07) is 11.2. The quantitative estimate of drug-likeness (QED) is 0.642. The van der Waals surface area contributed by atoms with Crippen LogP contribution in [0.15, 0.2) is 41.2 Å². The van der Waals surface area contributed by atoms with E-state index in [4.69, 9.17) is 9.72 Å². The number of carbonyl (C=O) groups excluding carboxylic acids is 1. The Morgan fingerprint density at radius 1 is 1.33 bits per heavy atom. The fraction of sp³-hybridized carbons (Fsp3) is 0.318. The molecule has 4 heterocycles. The predicted octanol–water partition coefficient (Wildman–Crippen LogP) is 2.14. The molecule has 0 fully saturated rings. The second kappa shape index (κ2) is 6.72. The molecule has 2 aliphatic rings. The Bertz CT molecular complexity index is 1260. The van der Waals surface area contributed by atoms with E-state index in [1.807, 2.05) is 30.3 Å². The van der Waals surface area contributed by atoms with Gasteiger partial charge in [-0.2, -0.15) is 0 Å². The molecule has 0 aliphatic carbocycles. The fourth-order valence-corrected chi connectivity index (χ4v) is 4.39. The number of carbonyl (C=O) groups is 1. The standard InChI is InChI=1S/C22H20FN3O4/c1-2-22(29)15-10-17-18-13(9-12-5-3-4-6-16(12)25-18)19(24-8-7-23)26(17)20(27)14(15)11-30-21(22)28/h3-6,9-10,19,24,29H,2,7-8,11H2,1H3/t19?,22-/m0/s1. The molecule has 0 bridgehead atoms. The van der Waals surface area contributed by atoms with Crippen LogP contribution in [-0.2, 0) is 21.7 Å². The highest BCUT2D eigenvalue weighted by Gasteiger charge is 2.46. The molecule has 8 heteroatoms. The van der Waals surface area contributed by atoms with Gasteiger partial charge in [0.1, 0.15) is 19.4 Å². The third-order valence-electron chi connectivity index (χ3n) is 5.97. The first kappa shape index (κ1) is 18.9. The normalized spacial score (nSPS) is 21.8. The highest BCUT2D eigenvalue weighted by molar-refractivity contribution is 5.86. The predicted molar refractivity (Wildman–Crippen MR) is 108 cm³/mol. The molecule has 1 aromatic carbocycles. The van der Waals surface area contributed by atoms with Gasteiger partial charge in [0.2, 0.25) is 0 Å². The van der Waals surface area contributed by atoms with Crippen molar-refractivity contribution in [2.24, 2.45) is 0 Å². The minimum Gasteiger partial charge on any atom is -0.458 e. The number of cyclic esters (lactones) is 1. The number of nitrogens with zero attached hydrogens (tertiary/aromatic N) is 2. The number of hydrogen-bond acceptors (Lipinski definition) is 6. The monoisotopic (exact) mass is 409 g/mol. The van der Waals surface area contributed by atoms with Gasteiger partial charge in [-0.3, -0.25) is 14.7 Å². The van der Waals surface area contributed by atoms with Gasteiger partial charge in [-0.05, 0) is 24.6 Å². The summed E-state index contributed by atoms with van der Waals surface area (Å²) in [4.78, 5) is 30.5. The Labute approximate surface area is 171 Å². The number of benzene rings is 1. The van der Waals surface area contributed by atoms with Gasteiger partial charge in [0, 0.05) is 23.1 Å². The van der Waals surface area contributed by atoms with Crippen LogP contribution in [0.2, 0.25) is 0 Å². The van der Waals surface area contributed by atoms with Crippen LogP contribution in [0.25, 0.3) is 22.3 Å². The Balaban J connectivity index is 1.82. The fourth-order valence-electron chi connectivity index (χ4n) is 4.39. The van der Waals surface area contributed by atoms with Crippen LogP contribution >= 0.6 is 0 Å². The first-order valence-corrected chi connectivity index (χ1v) is 9.87. The molecule has 2 aliphatic heterocycles. The summed E-state index contributed by atoms with van der Waals surface area (Å²) in [5.74, 6) is -0.765. The minimum absolute atomic E-state index is 0.0633. The lowest BCUT2D eigenvalue weighted by Gasteiger charge is -2.32. The number of hydrogen-bond donors (Lipinski definition) is 2. The van der Waals surface area contributed by atoms with Crippen molar-refractivity contribution in [1.29, 1.82) is 0 Å². The zero-order valence-electron chi connectivity index (χ0n) is 16.3. The summed E-state index contributed by atoms with van der Waals surface area (Å²) in [5.41, 5.74) is 0.763. The van der Waals surface area contributed by atoms with Crippen molar-refractivity contribution in [3.8, 4) is 11.4 Å². The topological polar surface area (TPSA) is 93.5 Å². The number of para-hydroxylation sites is 1. The summed E-state index contributed by atoms with van der Waals surface area (Å²) < 4.78 is 19.6. The molecule has 2 aromatic heterocycles. The van der Waals surface area contributed by atoms with E-state index in [1.165, 1.54) is 4.57 Å². The number of halogens is 1. The Hall–Kier alpha value is -3.10. The molecule has 5 rings (SSSR count). The third kappa shape index (κ3) is 2.47. The molecule has 2 atom stereocenters. The number of rotatable bonds is 4. The molecule has 0 saturated heterocycles. The maximum Gasteiger partial charge on any atom is 0.343 e. The van der Waals surface area contributed by atoms with Crippen molar-refractivity contribution in [1.82, 2.24) is 14.9 Å². The van der Waals surface area contributed by atoms with Crippen LogP contribution in [-0.4, -0.2) is 33.8 Å². The zero-order valence-corrected chi connectivity index (χ0v) is 16.3. The molecule has 2 N–H and O–H groups in total. The van der Waals surface area contributed by atoms with Crippen molar-refractivity contribution in [2.75, 3.05) is 13.2 Å². The largest absolute Gasteiger partial charge is 0.458 e. The molecule has 0 saturated carbocycles. The summed E-state index contributed by atoms with van der Waals surface area (Å²) in [6.07, 6.45) is -0.531. The molecule has 0 spiro atoms. The van der Waals surface area contributed by atoms with Gasteiger partial charge >= 0.3 is 5.97 Å². The maximum absolute atomic E-state index is 13.5. The minimum atomic E-state index is -1.89. The first-order chi connectivity index (χ1) is 14.5. The first-order valence-electron chi connectivity index (χ1n) is 9.87. The number of aromatic nitrogens is 2. The highest BCUT2D eigenvalue weighted by atomic mass is 19.1. The van der Waals surface area contributed by atoms with Crippen LogP contribution in [0.3, 0.4) is 0 Å². The van der Waals surface area contributed by atoms with Crippen molar-refractivity contribution < 1.29 is 19.0 Å². The van der Waals surface area contributed by atoms with Gasteiger partial charge in [-0.25, -0.2) is 14.2 Å². The van der Waals surface area contributed by atoms with Crippen LogP contribution in [0.1, 0.15) is 36.2 Å². The van der Waals surface area contributed by atoms with E-state index in [9.17, 15) is 19.1 Å². The summed E-state index contributed by atoms with van der Waals surface area (Å²) in [5, 5.41) is 15.0. The summed E-state index contributed by atoms with van der Waals surface area (Å²) in [7, 11) is 0. The number of fused-ring (bicyclic) bond motifs is 5. The van der Waals surface area contributed by atoms with Crippen LogP contribution in [0.4, 0.5) is 4.39 Å². The van der Waals surface area contributed by atoms with Crippen molar-refractivity contribution in [2.45, 2.75) is 31.7 Å². The smallest absolute Gasteiger partial charge is 0.343 e. The Morgan fingerprint density at radius 2 is 2.13 bits per heavy atom. The molecule has 0 amide bonds. The molecule has 30 heavy (non-hydrogen) atoms. The summed E-state index contributed by atoms with van der Waals surface area (Å²) >= 11 is 0. The van der Waals surface area contributed by atoms with Crippen molar-refractivity contribution in [3.05, 3.63) is 63.4 Å². The van der Waals surface area contributed by atoms with E-state index in [1.54, 1.807) is 13.0 Å².